The summed E-state index contributed by atoms with van der Waals surface area (Å²) in [6.45, 7) is 0. The maximum atomic E-state index is 13.0. The first-order valence-corrected chi connectivity index (χ1v) is 9.92. The van der Waals surface area contributed by atoms with E-state index in [1.165, 1.54) is 12.1 Å². The average molecular weight is 423 g/mol. The highest BCUT2D eigenvalue weighted by Crippen LogP contribution is 2.38. The van der Waals surface area contributed by atoms with Gasteiger partial charge in [0.05, 0.1) is 22.6 Å². The topological polar surface area (TPSA) is 102 Å². The number of non-ortho nitro benzene ring substituents is 1. The van der Waals surface area contributed by atoms with E-state index in [1.54, 1.807) is 18.6 Å². The van der Waals surface area contributed by atoms with E-state index in [4.69, 9.17) is 4.99 Å². The molecule has 3 aromatic carbocycles. The standard InChI is InChI=1S/C24H17N5O3/c30-24-22(20-14-19(29(31)32)10-11-21(20)27-24)23(16-4-2-1-3-5-16)26-17-6-8-18(9-7-17)28-13-12-25-15-28/h1-15,22H,(H,27,30). The largest absolute Gasteiger partial charge is 0.325 e. The van der Waals surface area contributed by atoms with E-state index >= 15 is 0 Å². The van der Waals surface area contributed by atoms with Gasteiger partial charge in [-0.2, -0.15) is 0 Å². The highest BCUT2D eigenvalue weighted by molar-refractivity contribution is 6.24. The maximum Gasteiger partial charge on any atom is 0.269 e. The van der Waals surface area contributed by atoms with Crippen LogP contribution in [0.15, 0.2) is 96.5 Å². The van der Waals surface area contributed by atoms with Crippen LogP contribution in [0.3, 0.4) is 0 Å². The van der Waals surface area contributed by atoms with Crippen LogP contribution in [0.4, 0.5) is 17.1 Å². The first kappa shape index (κ1) is 19.4. The number of nitrogens with one attached hydrogen (secondary N) is 1. The molecule has 0 saturated heterocycles. The molecule has 1 unspecified atom stereocenters. The smallest absolute Gasteiger partial charge is 0.269 e. The van der Waals surface area contributed by atoms with Gasteiger partial charge in [-0.1, -0.05) is 30.3 Å². The predicted molar refractivity (Wildman–Crippen MR) is 121 cm³/mol. The van der Waals surface area contributed by atoms with Crippen molar-refractivity contribution in [2.24, 2.45) is 4.99 Å². The van der Waals surface area contributed by atoms with Crippen molar-refractivity contribution < 1.29 is 9.72 Å². The van der Waals surface area contributed by atoms with Gasteiger partial charge < -0.3 is 9.88 Å². The van der Waals surface area contributed by atoms with Gasteiger partial charge in [0, 0.05) is 41.5 Å². The Kier molecular flexibility index (Phi) is 4.79. The van der Waals surface area contributed by atoms with Crippen LogP contribution < -0.4 is 5.32 Å². The minimum absolute atomic E-state index is 0.0673. The summed E-state index contributed by atoms with van der Waals surface area (Å²) in [7, 11) is 0. The molecule has 0 bridgehead atoms. The van der Waals surface area contributed by atoms with Crippen LogP contribution in [0.25, 0.3) is 5.69 Å². The molecular weight excluding hydrogens is 406 g/mol. The minimum Gasteiger partial charge on any atom is -0.325 e. The van der Waals surface area contributed by atoms with Crippen molar-refractivity contribution in [2.45, 2.75) is 5.92 Å². The summed E-state index contributed by atoms with van der Waals surface area (Å²) < 4.78 is 1.88. The van der Waals surface area contributed by atoms with Crippen molar-refractivity contribution in [3.8, 4) is 5.69 Å². The van der Waals surface area contributed by atoms with Gasteiger partial charge in [-0.15, -0.1) is 0 Å². The zero-order valence-electron chi connectivity index (χ0n) is 16.8. The Labute approximate surface area is 183 Å². The number of carbonyl (C=O) groups excluding carboxylic acids is 1. The molecule has 156 valence electrons. The molecule has 1 aliphatic rings. The first-order valence-electron chi connectivity index (χ1n) is 9.92. The molecule has 32 heavy (non-hydrogen) atoms. The van der Waals surface area contributed by atoms with Crippen LogP contribution in [0.1, 0.15) is 17.0 Å². The van der Waals surface area contributed by atoms with Crippen molar-refractivity contribution in [3.05, 3.63) is 113 Å². The van der Waals surface area contributed by atoms with Crippen LogP contribution in [-0.2, 0) is 4.79 Å². The molecule has 0 saturated carbocycles. The average Bonchev–Trinajstić information content (AvgIpc) is 3.46. The molecule has 1 amide bonds. The molecular formula is C24H17N5O3. The van der Waals surface area contributed by atoms with Crippen molar-refractivity contribution in [2.75, 3.05) is 5.32 Å². The molecule has 0 aliphatic carbocycles. The van der Waals surface area contributed by atoms with Gasteiger partial charge in [0.15, 0.2) is 0 Å². The van der Waals surface area contributed by atoms with E-state index in [9.17, 15) is 14.9 Å². The number of rotatable bonds is 5. The quantitative estimate of drug-likeness (QED) is 0.287. The maximum absolute atomic E-state index is 13.0. The molecule has 0 spiro atoms. The molecule has 5 rings (SSSR count). The normalized spacial score (nSPS) is 15.3. The number of hydrogen-bond acceptors (Lipinski definition) is 5. The van der Waals surface area contributed by atoms with Gasteiger partial charge in [-0.3, -0.25) is 19.9 Å². The Morgan fingerprint density at radius 3 is 2.53 bits per heavy atom. The third kappa shape index (κ3) is 3.54. The van der Waals surface area contributed by atoms with Crippen LogP contribution in [0, 0.1) is 10.1 Å². The number of carbonyl (C=O) groups is 1. The van der Waals surface area contributed by atoms with Gasteiger partial charge in [0.25, 0.3) is 5.69 Å². The number of benzene rings is 3. The van der Waals surface area contributed by atoms with E-state index in [2.05, 4.69) is 10.3 Å². The highest BCUT2D eigenvalue weighted by atomic mass is 16.6. The SMILES string of the molecule is O=C1Nc2ccc([N+](=O)[O-])cc2C1C(=Nc1ccc(-n2ccnc2)cc1)c1ccccc1. The molecule has 1 atom stereocenters. The van der Waals surface area contributed by atoms with E-state index in [0.717, 1.165) is 11.3 Å². The molecule has 1 N–H and O–H groups in total. The number of anilines is 1. The summed E-state index contributed by atoms with van der Waals surface area (Å²) >= 11 is 0. The first-order chi connectivity index (χ1) is 15.6. The van der Waals surface area contributed by atoms with Crippen molar-refractivity contribution in [3.63, 3.8) is 0 Å². The molecule has 2 heterocycles. The van der Waals surface area contributed by atoms with Gasteiger partial charge >= 0.3 is 0 Å². The lowest BCUT2D eigenvalue weighted by molar-refractivity contribution is -0.384. The Hall–Kier alpha value is -4.59. The molecule has 0 radical (unpaired) electrons. The fraction of sp³-hybridized carbons (Fsp3) is 0.0417. The lowest BCUT2D eigenvalue weighted by Gasteiger charge is -2.14. The second kappa shape index (κ2) is 7.92. The minimum atomic E-state index is -0.763. The van der Waals surface area contributed by atoms with E-state index in [0.29, 0.717) is 22.6 Å². The van der Waals surface area contributed by atoms with Crippen molar-refractivity contribution >= 4 is 28.7 Å². The van der Waals surface area contributed by atoms with Crippen molar-refractivity contribution in [1.82, 2.24) is 9.55 Å². The Morgan fingerprint density at radius 1 is 1.06 bits per heavy atom. The van der Waals surface area contributed by atoms with Gasteiger partial charge in [-0.25, -0.2) is 4.98 Å². The Bertz CT molecular complexity index is 1330. The van der Waals surface area contributed by atoms with Crippen LogP contribution in [0.2, 0.25) is 0 Å². The number of nitro benzene ring substituents is 1. The van der Waals surface area contributed by atoms with Crippen LogP contribution in [-0.4, -0.2) is 26.1 Å². The summed E-state index contributed by atoms with van der Waals surface area (Å²) in [5.74, 6) is -1.03. The molecule has 8 heteroatoms. The van der Waals surface area contributed by atoms with Gasteiger partial charge in [0.2, 0.25) is 5.91 Å². The number of fused-ring (bicyclic) bond motifs is 1. The number of aromatic nitrogens is 2. The summed E-state index contributed by atoms with van der Waals surface area (Å²) in [5.41, 5.74) is 3.93. The Morgan fingerprint density at radius 2 is 1.84 bits per heavy atom. The fourth-order valence-corrected chi connectivity index (χ4v) is 3.79. The summed E-state index contributed by atoms with van der Waals surface area (Å²) in [5, 5.41) is 14.1. The summed E-state index contributed by atoms with van der Waals surface area (Å²) in [6.07, 6.45) is 5.26. The number of hydrogen-bond donors (Lipinski definition) is 1. The monoisotopic (exact) mass is 423 g/mol. The van der Waals surface area contributed by atoms with E-state index < -0.39 is 10.8 Å². The zero-order valence-corrected chi connectivity index (χ0v) is 16.8. The second-order valence-corrected chi connectivity index (χ2v) is 7.30. The molecule has 8 nitrogen and oxygen atoms in total. The molecule has 1 aliphatic heterocycles. The Balaban J connectivity index is 1.61. The number of nitrogens with zero attached hydrogens (tertiary/aromatic N) is 4. The molecule has 1 aromatic heterocycles. The molecule has 0 fully saturated rings. The second-order valence-electron chi connectivity index (χ2n) is 7.30. The lowest BCUT2D eigenvalue weighted by atomic mass is 9.90. The number of amides is 1. The van der Waals surface area contributed by atoms with Crippen LogP contribution >= 0.6 is 0 Å². The highest BCUT2D eigenvalue weighted by Gasteiger charge is 2.36. The third-order valence-electron chi connectivity index (χ3n) is 5.32. The van der Waals surface area contributed by atoms with E-state index in [-0.39, 0.29) is 11.6 Å². The number of nitro groups is 1. The number of aliphatic imine (C=N–C) groups is 1. The van der Waals surface area contributed by atoms with Crippen molar-refractivity contribution in [1.29, 1.82) is 0 Å². The van der Waals surface area contributed by atoms with E-state index in [1.807, 2.05) is 65.4 Å². The zero-order chi connectivity index (χ0) is 22.1. The summed E-state index contributed by atoms with van der Waals surface area (Å²) in [6, 6.07) is 21.3. The lowest BCUT2D eigenvalue weighted by Crippen LogP contribution is -2.22. The third-order valence-corrected chi connectivity index (χ3v) is 5.32. The molecule has 4 aromatic rings. The predicted octanol–water partition coefficient (Wildman–Crippen LogP) is 4.64. The number of imidazole rings is 1. The van der Waals surface area contributed by atoms with Crippen LogP contribution in [0.5, 0.6) is 0 Å². The summed E-state index contributed by atoms with van der Waals surface area (Å²) in [4.78, 5) is 32.7. The van der Waals surface area contributed by atoms with Gasteiger partial charge in [-0.05, 0) is 35.9 Å². The fourth-order valence-electron chi connectivity index (χ4n) is 3.79. The van der Waals surface area contributed by atoms with Gasteiger partial charge in [0.1, 0.15) is 5.92 Å².